The molecule has 0 spiro atoms. The molecule has 5 heterocycles. The highest BCUT2D eigenvalue weighted by molar-refractivity contribution is 5.93. The van der Waals surface area contributed by atoms with Crippen molar-refractivity contribution < 1.29 is 24.1 Å². The fourth-order valence-electron chi connectivity index (χ4n) is 7.21. The van der Waals surface area contributed by atoms with E-state index >= 15 is 0 Å². The minimum Gasteiger partial charge on any atom is -0.458 e. The summed E-state index contributed by atoms with van der Waals surface area (Å²) in [5, 5.41) is 12.2. The highest BCUT2D eigenvalue weighted by Gasteiger charge is 2.67. The number of aliphatic hydroxyl groups is 1. The molecule has 3 saturated carbocycles. The number of ether oxygens (including phenoxy) is 3. The number of cyclic esters (lactones) is 1. The molecule has 3 aromatic rings. The van der Waals surface area contributed by atoms with Crippen LogP contribution < -0.4 is 20.8 Å². The number of aromatic nitrogens is 2. The Morgan fingerprint density at radius 3 is 2.54 bits per heavy atom. The maximum atomic E-state index is 13.6. The molecule has 0 unspecified atom stereocenters. The van der Waals surface area contributed by atoms with Crippen LogP contribution in [0, 0.1) is 0 Å². The number of carbonyl (C=O) groups excluding carboxylic acids is 1. The van der Waals surface area contributed by atoms with Crippen molar-refractivity contribution in [2.45, 2.75) is 62.3 Å². The maximum absolute atomic E-state index is 13.6. The van der Waals surface area contributed by atoms with Crippen molar-refractivity contribution in [3.05, 3.63) is 50.8 Å². The molecule has 1 atom stereocenters. The molecule has 3 aliphatic carbocycles. The number of hydrogen-bond acceptors (Lipinski definition) is 8. The monoisotopic (exact) mass is 473 g/mol. The molecule has 178 valence electrons. The van der Waals surface area contributed by atoms with Gasteiger partial charge in [-0.15, -0.1) is 0 Å². The lowest BCUT2D eigenvalue weighted by Crippen LogP contribution is -2.74. The zero-order valence-electron chi connectivity index (χ0n) is 19.1. The Morgan fingerprint density at radius 2 is 1.83 bits per heavy atom. The predicted molar refractivity (Wildman–Crippen MR) is 123 cm³/mol. The number of carbonyl (C=O) groups is 1. The van der Waals surface area contributed by atoms with Crippen LogP contribution in [0.4, 0.5) is 0 Å². The molecule has 35 heavy (non-hydrogen) atoms. The number of esters is 1. The average molecular weight is 473 g/mol. The number of benzene rings is 1. The quantitative estimate of drug-likeness (QED) is 0.423. The fourth-order valence-corrected chi connectivity index (χ4v) is 7.21. The Hall–Kier alpha value is -3.43. The number of nitrogens with zero attached hydrogens (tertiary/aromatic N) is 2. The van der Waals surface area contributed by atoms with Crippen LogP contribution >= 0.6 is 0 Å². The number of rotatable bonds is 2. The van der Waals surface area contributed by atoms with Gasteiger partial charge in [-0.3, -0.25) is 4.79 Å². The molecule has 2 aromatic heterocycles. The number of nitrogens with two attached hydrogens (primary N) is 1. The van der Waals surface area contributed by atoms with Crippen molar-refractivity contribution in [2.24, 2.45) is 5.73 Å². The van der Waals surface area contributed by atoms with Gasteiger partial charge >= 0.3 is 5.97 Å². The van der Waals surface area contributed by atoms with Crippen LogP contribution in [0.15, 0.2) is 23.0 Å². The molecule has 3 N–H and O–H groups in total. The molecular weight excluding hydrogens is 450 g/mol. The summed E-state index contributed by atoms with van der Waals surface area (Å²) in [6, 6.07) is 5.65. The Kier molecular flexibility index (Phi) is 3.32. The van der Waals surface area contributed by atoms with Gasteiger partial charge in [-0.2, -0.15) is 0 Å². The molecule has 6 aliphatic rings. The van der Waals surface area contributed by atoms with Crippen LogP contribution in [-0.4, -0.2) is 33.0 Å². The number of hydrogen-bond donors (Lipinski definition) is 2. The zero-order valence-corrected chi connectivity index (χ0v) is 19.1. The van der Waals surface area contributed by atoms with Gasteiger partial charge in [0.05, 0.1) is 29.0 Å². The van der Waals surface area contributed by atoms with Gasteiger partial charge in [0.2, 0.25) is 6.79 Å². The van der Waals surface area contributed by atoms with Gasteiger partial charge < -0.3 is 29.6 Å². The Morgan fingerprint density at radius 1 is 1.09 bits per heavy atom. The van der Waals surface area contributed by atoms with Crippen LogP contribution in [0.25, 0.3) is 22.3 Å². The van der Waals surface area contributed by atoms with Crippen LogP contribution in [-0.2, 0) is 33.7 Å². The predicted octanol–water partition coefficient (Wildman–Crippen LogP) is 1.94. The lowest BCUT2D eigenvalue weighted by atomic mass is 9.37. The molecule has 0 saturated heterocycles. The SMILES string of the molecule is CC[C@@]1(O)C(=O)OCc2c1cc1n(c2=O)Cc2c-1nc1cc3c(cc1c2C12CC(N)(C1)C2)OCO3. The first-order chi connectivity index (χ1) is 16.8. The topological polar surface area (TPSA) is 126 Å². The zero-order chi connectivity index (χ0) is 23.9. The average Bonchev–Trinajstić information content (AvgIpc) is 3.41. The summed E-state index contributed by atoms with van der Waals surface area (Å²) in [5.74, 6) is 0.617. The standard InChI is InChI=1S/C26H23N3O6/c1-2-26(32)15-4-17-21-13(6-29(17)22(30)14(15)7-33-23(26)31)20(24-8-25(27,9-24)10-24)12-3-18-19(35-11-34-18)5-16(12)28-21/h3-5,32H,2,6-11,27H2,1H3/t24?,25?,26-/m0/s1. The molecule has 9 heteroatoms. The van der Waals surface area contributed by atoms with Crippen LogP contribution in [0.1, 0.15) is 54.9 Å². The molecule has 0 radical (unpaired) electrons. The van der Waals surface area contributed by atoms with E-state index in [1.54, 1.807) is 17.6 Å². The van der Waals surface area contributed by atoms with Gasteiger partial charge in [0, 0.05) is 33.5 Å². The third kappa shape index (κ3) is 2.20. The van der Waals surface area contributed by atoms with Crippen molar-refractivity contribution in [3.63, 3.8) is 0 Å². The maximum Gasteiger partial charge on any atom is 0.343 e. The molecule has 2 bridgehead atoms. The van der Waals surface area contributed by atoms with Gasteiger partial charge in [0.25, 0.3) is 5.56 Å². The van der Waals surface area contributed by atoms with Crippen LogP contribution in [0.3, 0.4) is 0 Å². The fraction of sp³-hybridized carbons (Fsp3) is 0.423. The third-order valence-corrected chi connectivity index (χ3v) is 8.78. The van der Waals surface area contributed by atoms with E-state index in [0.29, 0.717) is 40.6 Å². The van der Waals surface area contributed by atoms with Gasteiger partial charge in [0.15, 0.2) is 17.1 Å². The molecular formula is C26H23N3O6. The lowest BCUT2D eigenvalue weighted by Gasteiger charge is -2.69. The summed E-state index contributed by atoms with van der Waals surface area (Å²) in [4.78, 5) is 31.1. The summed E-state index contributed by atoms with van der Waals surface area (Å²) in [5.41, 5.74) is 9.12. The van der Waals surface area contributed by atoms with E-state index in [4.69, 9.17) is 24.9 Å². The minimum absolute atomic E-state index is 0.0395. The van der Waals surface area contributed by atoms with E-state index in [9.17, 15) is 14.7 Å². The molecule has 9 nitrogen and oxygen atoms in total. The number of fused-ring (bicyclic) bond motifs is 6. The van der Waals surface area contributed by atoms with Crippen molar-refractivity contribution in [3.8, 4) is 22.9 Å². The van der Waals surface area contributed by atoms with Crippen molar-refractivity contribution in [2.75, 3.05) is 6.79 Å². The van der Waals surface area contributed by atoms with Gasteiger partial charge in [-0.05, 0) is 43.4 Å². The second-order valence-electron chi connectivity index (χ2n) is 10.8. The molecule has 3 aliphatic heterocycles. The van der Waals surface area contributed by atoms with E-state index in [2.05, 4.69) is 0 Å². The molecule has 3 fully saturated rings. The normalized spacial score (nSPS) is 30.8. The highest BCUT2D eigenvalue weighted by atomic mass is 16.7. The summed E-state index contributed by atoms with van der Waals surface area (Å²) in [6.07, 6.45) is 2.81. The van der Waals surface area contributed by atoms with E-state index in [-0.39, 0.29) is 36.3 Å². The number of pyridine rings is 2. The first kappa shape index (κ1) is 19.8. The Bertz CT molecular complexity index is 1590. The largest absolute Gasteiger partial charge is 0.458 e. The van der Waals surface area contributed by atoms with Gasteiger partial charge in [-0.1, -0.05) is 6.92 Å². The van der Waals surface area contributed by atoms with Crippen molar-refractivity contribution in [1.29, 1.82) is 0 Å². The second kappa shape index (κ2) is 5.85. The highest BCUT2D eigenvalue weighted by Crippen LogP contribution is 2.68. The van der Waals surface area contributed by atoms with Crippen molar-refractivity contribution in [1.82, 2.24) is 9.55 Å². The summed E-state index contributed by atoms with van der Waals surface area (Å²) in [6.45, 7) is 2.11. The summed E-state index contributed by atoms with van der Waals surface area (Å²) < 4.78 is 18.2. The van der Waals surface area contributed by atoms with Gasteiger partial charge in [-0.25, -0.2) is 9.78 Å². The lowest BCUT2D eigenvalue weighted by molar-refractivity contribution is -0.172. The summed E-state index contributed by atoms with van der Waals surface area (Å²) >= 11 is 0. The van der Waals surface area contributed by atoms with E-state index in [1.165, 1.54) is 5.56 Å². The van der Waals surface area contributed by atoms with Crippen LogP contribution in [0.2, 0.25) is 0 Å². The first-order valence-electron chi connectivity index (χ1n) is 12.0. The molecule has 1 aromatic carbocycles. The smallest absolute Gasteiger partial charge is 0.343 e. The van der Waals surface area contributed by atoms with E-state index in [0.717, 1.165) is 35.7 Å². The van der Waals surface area contributed by atoms with Crippen LogP contribution in [0.5, 0.6) is 11.5 Å². The summed E-state index contributed by atoms with van der Waals surface area (Å²) in [7, 11) is 0. The third-order valence-electron chi connectivity index (χ3n) is 8.78. The first-order valence-corrected chi connectivity index (χ1v) is 12.0. The second-order valence-corrected chi connectivity index (χ2v) is 10.8. The van der Waals surface area contributed by atoms with E-state index in [1.807, 2.05) is 12.1 Å². The van der Waals surface area contributed by atoms with Gasteiger partial charge in [0.1, 0.15) is 6.61 Å². The van der Waals surface area contributed by atoms with Crippen molar-refractivity contribution >= 4 is 16.9 Å². The molecule has 9 rings (SSSR count). The molecule has 0 amide bonds. The Balaban J connectivity index is 1.42. The minimum atomic E-state index is -1.85. The van der Waals surface area contributed by atoms with E-state index < -0.39 is 11.6 Å². The Labute approximate surface area is 199 Å².